The zero-order valence-electron chi connectivity index (χ0n) is 15.8. The fraction of sp³-hybridized carbons (Fsp3) is 0.545. The molecule has 0 amide bonds. The molecule has 0 atom stereocenters. The second kappa shape index (κ2) is 8.70. The van der Waals surface area contributed by atoms with E-state index in [0.717, 1.165) is 38.2 Å². The smallest absolute Gasteiger partial charge is 0.263 e. The first-order valence-corrected chi connectivity index (χ1v) is 10.2. The minimum absolute atomic E-state index is 0.0335. The summed E-state index contributed by atoms with van der Waals surface area (Å²) in [5, 5.41) is 0. The van der Waals surface area contributed by atoms with Crippen LogP contribution >= 0.6 is 0 Å². The first-order chi connectivity index (χ1) is 13.3. The third-order valence-corrected chi connectivity index (χ3v) is 5.79. The largest absolute Gasteiger partial charge is 0.490 e. The summed E-state index contributed by atoms with van der Waals surface area (Å²) in [4.78, 5) is 18.7. The van der Waals surface area contributed by atoms with E-state index in [1.165, 1.54) is 50.1 Å². The summed E-state index contributed by atoms with van der Waals surface area (Å²) in [7, 11) is 0. The SMILES string of the molecule is O=C(c1ncco1)C1CCN(Cc2ccc(OC3CCCCC3)cc2)CC1. The van der Waals surface area contributed by atoms with Gasteiger partial charge in [-0.1, -0.05) is 18.6 Å². The Balaban J connectivity index is 1.24. The number of Topliss-reactive ketones (excluding diaryl/α,β-unsaturated/α-hetero) is 1. The number of rotatable bonds is 6. The summed E-state index contributed by atoms with van der Waals surface area (Å²) < 4.78 is 11.3. The number of benzene rings is 1. The molecule has 2 fully saturated rings. The van der Waals surface area contributed by atoms with Crippen LogP contribution in [0.5, 0.6) is 5.75 Å². The van der Waals surface area contributed by atoms with E-state index in [9.17, 15) is 4.79 Å². The number of nitrogens with zero attached hydrogens (tertiary/aromatic N) is 2. The Bertz CT molecular complexity index is 713. The van der Waals surface area contributed by atoms with Crippen LogP contribution in [0.25, 0.3) is 0 Å². The number of ether oxygens (including phenoxy) is 1. The molecule has 1 aromatic heterocycles. The summed E-state index contributed by atoms with van der Waals surface area (Å²) in [6.07, 6.45) is 11.4. The third-order valence-electron chi connectivity index (χ3n) is 5.79. The van der Waals surface area contributed by atoms with Crippen LogP contribution < -0.4 is 4.74 Å². The highest BCUT2D eigenvalue weighted by Crippen LogP contribution is 2.25. The molecule has 5 heteroatoms. The molecular weight excluding hydrogens is 340 g/mol. The van der Waals surface area contributed by atoms with E-state index in [-0.39, 0.29) is 17.6 Å². The van der Waals surface area contributed by atoms with Crippen LogP contribution in [-0.4, -0.2) is 34.9 Å². The second-order valence-electron chi connectivity index (χ2n) is 7.77. The average molecular weight is 368 g/mol. The first kappa shape index (κ1) is 18.2. The topological polar surface area (TPSA) is 55.6 Å². The Labute approximate surface area is 160 Å². The lowest BCUT2D eigenvalue weighted by molar-refractivity contribution is 0.0799. The molecule has 4 rings (SSSR count). The zero-order valence-corrected chi connectivity index (χ0v) is 15.8. The van der Waals surface area contributed by atoms with E-state index in [0.29, 0.717) is 6.10 Å². The van der Waals surface area contributed by atoms with Gasteiger partial charge < -0.3 is 9.15 Å². The number of carbonyl (C=O) groups is 1. The highest BCUT2D eigenvalue weighted by molar-refractivity contribution is 5.93. The van der Waals surface area contributed by atoms with Gasteiger partial charge in [-0.05, 0) is 69.3 Å². The van der Waals surface area contributed by atoms with E-state index in [2.05, 4.69) is 34.1 Å². The van der Waals surface area contributed by atoms with Crippen molar-refractivity contribution in [2.45, 2.75) is 57.6 Å². The molecule has 0 N–H and O–H groups in total. The number of piperidine rings is 1. The predicted octanol–water partition coefficient (Wildman–Crippen LogP) is 4.48. The van der Waals surface area contributed by atoms with E-state index in [1.807, 2.05) is 0 Å². The number of aromatic nitrogens is 1. The maximum atomic E-state index is 12.3. The van der Waals surface area contributed by atoms with Crippen LogP contribution in [0.3, 0.4) is 0 Å². The number of hydrogen-bond acceptors (Lipinski definition) is 5. The Morgan fingerprint density at radius 1 is 1.07 bits per heavy atom. The molecule has 1 saturated carbocycles. The van der Waals surface area contributed by atoms with Crippen molar-refractivity contribution < 1.29 is 13.9 Å². The normalized spacial score (nSPS) is 19.9. The molecule has 0 bridgehead atoms. The van der Waals surface area contributed by atoms with Crippen molar-refractivity contribution in [3.8, 4) is 5.75 Å². The predicted molar refractivity (Wildman–Crippen MR) is 103 cm³/mol. The lowest BCUT2D eigenvalue weighted by atomic mass is 9.92. The number of likely N-dealkylation sites (tertiary alicyclic amines) is 1. The molecule has 1 aliphatic heterocycles. The Morgan fingerprint density at radius 3 is 2.48 bits per heavy atom. The van der Waals surface area contributed by atoms with E-state index in [1.54, 1.807) is 0 Å². The molecule has 1 saturated heterocycles. The van der Waals surface area contributed by atoms with E-state index < -0.39 is 0 Å². The highest BCUT2D eigenvalue weighted by Gasteiger charge is 2.28. The van der Waals surface area contributed by atoms with Crippen LogP contribution in [0, 0.1) is 5.92 Å². The van der Waals surface area contributed by atoms with Crippen LogP contribution in [0.1, 0.15) is 61.2 Å². The lowest BCUT2D eigenvalue weighted by Gasteiger charge is -2.30. The molecular formula is C22H28N2O3. The van der Waals surface area contributed by atoms with Gasteiger partial charge in [0.05, 0.1) is 12.3 Å². The van der Waals surface area contributed by atoms with Gasteiger partial charge in [0.15, 0.2) is 0 Å². The van der Waals surface area contributed by atoms with Crippen LogP contribution in [0.4, 0.5) is 0 Å². The standard InChI is InChI=1S/C22H28N2O3/c25-21(22-23-12-15-26-22)18-10-13-24(14-11-18)16-17-6-8-20(9-7-17)27-19-4-2-1-3-5-19/h6-9,12,15,18-19H,1-5,10-11,13-14,16H2. The molecule has 27 heavy (non-hydrogen) atoms. The number of hydrogen-bond donors (Lipinski definition) is 0. The quantitative estimate of drug-likeness (QED) is 0.704. The molecule has 1 aliphatic carbocycles. The molecule has 1 aromatic carbocycles. The van der Waals surface area contributed by atoms with E-state index in [4.69, 9.17) is 9.15 Å². The number of oxazole rings is 1. The Kier molecular flexibility index (Phi) is 5.87. The Morgan fingerprint density at radius 2 is 1.81 bits per heavy atom. The number of carbonyl (C=O) groups excluding carboxylic acids is 1. The maximum Gasteiger partial charge on any atom is 0.263 e. The third kappa shape index (κ3) is 4.78. The minimum atomic E-state index is 0.0335. The minimum Gasteiger partial charge on any atom is -0.490 e. The van der Waals surface area contributed by atoms with Gasteiger partial charge in [0.2, 0.25) is 5.78 Å². The van der Waals surface area contributed by atoms with E-state index >= 15 is 0 Å². The molecule has 144 valence electrons. The van der Waals surface area contributed by atoms with Gasteiger partial charge in [0.1, 0.15) is 12.0 Å². The maximum absolute atomic E-state index is 12.3. The molecule has 0 unspecified atom stereocenters. The highest BCUT2D eigenvalue weighted by atomic mass is 16.5. The lowest BCUT2D eigenvalue weighted by Crippen LogP contribution is -2.36. The van der Waals surface area contributed by atoms with Crippen LogP contribution in [0.15, 0.2) is 41.1 Å². The van der Waals surface area contributed by atoms with Crippen molar-refractivity contribution >= 4 is 5.78 Å². The zero-order chi connectivity index (χ0) is 18.5. The summed E-state index contributed by atoms with van der Waals surface area (Å²) >= 11 is 0. The van der Waals surface area contributed by atoms with Crippen molar-refractivity contribution in [1.82, 2.24) is 9.88 Å². The van der Waals surface area contributed by atoms with Gasteiger partial charge in [-0.3, -0.25) is 9.69 Å². The molecule has 2 aromatic rings. The van der Waals surface area contributed by atoms with Gasteiger partial charge in [0.25, 0.3) is 5.89 Å². The van der Waals surface area contributed by atoms with Gasteiger partial charge in [-0.2, -0.15) is 0 Å². The molecule has 2 aliphatic rings. The van der Waals surface area contributed by atoms with Crippen molar-refractivity contribution in [3.05, 3.63) is 48.2 Å². The Hall–Kier alpha value is -2.14. The fourth-order valence-electron chi connectivity index (χ4n) is 4.18. The first-order valence-electron chi connectivity index (χ1n) is 10.2. The van der Waals surface area contributed by atoms with Crippen LogP contribution in [0.2, 0.25) is 0 Å². The molecule has 0 radical (unpaired) electrons. The van der Waals surface area contributed by atoms with Crippen molar-refractivity contribution in [2.75, 3.05) is 13.1 Å². The summed E-state index contributed by atoms with van der Waals surface area (Å²) in [6, 6.07) is 8.54. The molecule has 2 heterocycles. The van der Waals surface area contributed by atoms with Gasteiger partial charge in [-0.15, -0.1) is 0 Å². The van der Waals surface area contributed by atoms with Crippen molar-refractivity contribution in [1.29, 1.82) is 0 Å². The summed E-state index contributed by atoms with van der Waals surface area (Å²) in [6.45, 7) is 2.78. The van der Waals surface area contributed by atoms with Crippen molar-refractivity contribution in [3.63, 3.8) is 0 Å². The van der Waals surface area contributed by atoms with Gasteiger partial charge in [-0.25, -0.2) is 4.98 Å². The number of ketones is 1. The monoisotopic (exact) mass is 368 g/mol. The second-order valence-corrected chi connectivity index (χ2v) is 7.77. The summed E-state index contributed by atoms with van der Waals surface area (Å²) in [5.41, 5.74) is 1.29. The van der Waals surface area contributed by atoms with Gasteiger partial charge in [0, 0.05) is 12.5 Å². The summed E-state index contributed by atoms with van der Waals surface area (Å²) in [5.74, 6) is 1.32. The van der Waals surface area contributed by atoms with Gasteiger partial charge >= 0.3 is 0 Å². The molecule has 0 spiro atoms. The van der Waals surface area contributed by atoms with Crippen molar-refractivity contribution in [2.24, 2.45) is 5.92 Å². The fourth-order valence-corrected chi connectivity index (χ4v) is 4.18. The average Bonchev–Trinajstić information content (AvgIpc) is 3.25. The molecule has 5 nitrogen and oxygen atoms in total. The van der Waals surface area contributed by atoms with Crippen LogP contribution in [-0.2, 0) is 6.54 Å².